The molecule has 1 heterocycles. The predicted molar refractivity (Wildman–Crippen MR) is 83.2 cm³/mol. The number of thiocarbonyl (C=S) groups is 1. The Labute approximate surface area is 128 Å². The summed E-state index contributed by atoms with van der Waals surface area (Å²) < 4.78 is 0. The summed E-state index contributed by atoms with van der Waals surface area (Å²) in [4.78, 5) is 25.7. The predicted octanol–water partition coefficient (Wildman–Crippen LogP) is 1.45. The molecule has 1 amide bonds. The second-order valence-electron chi connectivity index (χ2n) is 5.23. The number of benzene rings is 1. The Bertz CT molecular complexity index is 574. The van der Waals surface area contributed by atoms with Gasteiger partial charge in [0.05, 0.1) is 10.9 Å². The van der Waals surface area contributed by atoms with Gasteiger partial charge in [-0.2, -0.15) is 0 Å². The molecule has 3 N–H and O–H groups in total. The topological polar surface area (TPSA) is 83.6 Å². The Kier molecular flexibility index (Phi) is 4.90. The number of carbonyl (C=O) groups is 2. The summed E-state index contributed by atoms with van der Waals surface area (Å²) in [5.41, 5.74) is 6.90. The third-order valence-electron chi connectivity index (χ3n) is 3.67. The highest BCUT2D eigenvalue weighted by molar-refractivity contribution is 7.80. The van der Waals surface area contributed by atoms with Crippen LogP contribution < -0.4 is 5.73 Å². The first kappa shape index (κ1) is 15.4. The first-order valence-corrected chi connectivity index (χ1v) is 7.28. The molecule has 21 heavy (non-hydrogen) atoms. The van der Waals surface area contributed by atoms with Crippen molar-refractivity contribution >= 4 is 29.1 Å². The lowest BCUT2D eigenvalue weighted by Gasteiger charge is -2.31. The second kappa shape index (κ2) is 6.67. The van der Waals surface area contributed by atoms with E-state index in [1.165, 1.54) is 0 Å². The SMILES string of the molecule is NC(=S)Cc1ccccc1C(=O)N1CCCC(C(=O)O)C1. The second-order valence-corrected chi connectivity index (χ2v) is 5.75. The Morgan fingerprint density at radius 3 is 2.76 bits per heavy atom. The van der Waals surface area contributed by atoms with E-state index >= 15 is 0 Å². The van der Waals surface area contributed by atoms with Gasteiger partial charge in [0, 0.05) is 25.1 Å². The van der Waals surface area contributed by atoms with Crippen LogP contribution in [0.25, 0.3) is 0 Å². The lowest BCUT2D eigenvalue weighted by atomic mass is 9.96. The molecule has 2 rings (SSSR count). The first-order chi connectivity index (χ1) is 9.99. The van der Waals surface area contributed by atoms with Crippen molar-refractivity contribution in [3.8, 4) is 0 Å². The number of rotatable bonds is 4. The molecule has 0 saturated carbocycles. The molecule has 5 nitrogen and oxygen atoms in total. The number of likely N-dealkylation sites (tertiary alicyclic amines) is 1. The molecular formula is C15H18N2O3S. The molecule has 0 aliphatic carbocycles. The monoisotopic (exact) mass is 306 g/mol. The molecule has 0 spiro atoms. The minimum Gasteiger partial charge on any atom is -0.481 e. The standard InChI is InChI=1S/C15H18N2O3S/c16-13(21)8-10-4-1-2-6-12(10)14(18)17-7-3-5-11(9-17)15(19)20/h1-2,4,6,11H,3,5,7-9H2,(H2,16,21)(H,19,20). The van der Waals surface area contributed by atoms with E-state index in [1.54, 1.807) is 17.0 Å². The number of hydrogen-bond donors (Lipinski definition) is 2. The van der Waals surface area contributed by atoms with Crippen LogP contribution in [0.3, 0.4) is 0 Å². The van der Waals surface area contributed by atoms with Crippen molar-refractivity contribution < 1.29 is 14.7 Å². The molecule has 1 aromatic carbocycles. The number of hydrogen-bond acceptors (Lipinski definition) is 3. The van der Waals surface area contributed by atoms with E-state index in [2.05, 4.69) is 0 Å². The lowest BCUT2D eigenvalue weighted by Crippen LogP contribution is -2.42. The highest BCUT2D eigenvalue weighted by atomic mass is 32.1. The summed E-state index contributed by atoms with van der Waals surface area (Å²) in [6, 6.07) is 7.18. The summed E-state index contributed by atoms with van der Waals surface area (Å²) in [6.45, 7) is 0.847. The average Bonchev–Trinajstić information content (AvgIpc) is 2.46. The molecule has 112 valence electrons. The minimum atomic E-state index is -0.844. The van der Waals surface area contributed by atoms with E-state index in [0.717, 1.165) is 5.56 Å². The van der Waals surface area contributed by atoms with Crippen LogP contribution in [-0.4, -0.2) is 40.0 Å². The van der Waals surface area contributed by atoms with E-state index in [-0.39, 0.29) is 12.5 Å². The van der Waals surface area contributed by atoms with Crippen LogP contribution in [0.5, 0.6) is 0 Å². The van der Waals surface area contributed by atoms with Gasteiger partial charge in [0.15, 0.2) is 0 Å². The molecule has 0 aromatic heterocycles. The fourth-order valence-corrected chi connectivity index (χ4v) is 2.76. The maximum atomic E-state index is 12.6. The number of amides is 1. The highest BCUT2D eigenvalue weighted by Gasteiger charge is 2.29. The van der Waals surface area contributed by atoms with Gasteiger partial charge >= 0.3 is 5.97 Å². The van der Waals surface area contributed by atoms with Crippen LogP contribution in [0, 0.1) is 5.92 Å². The van der Waals surface area contributed by atoms with Crippen molar-refractivity contribution in [2.45, 2.75) is 19.3 Å². The largest absolute Gasteiger partial charge is 0.481 e. The van der Waals surface area contributed by atoms with Crippen LogP contribution in [0.15, 0.2) is 24.3 Å². The average molecular weight is 306 g/mol. The zero-order valence-electron chi connectivity index (χ0n) is 11.6. The minimum absolute atomic E-state index is 0.146. The molecule has 1 aliphatic rings. The molecule has 0 bridgehead atoms. The van der Waals surface area contributed by atoms with Crippen LogP contribution in [-0.2, 0) is 11.2 Å². The molecule has 1 atom stereocenters. The number of carboxylic acid groups (broad SMARTS) is 1. The number of nitrogens with zero attached hydrogens (tertiary/aromatic N) is 1. The molecule has 1 aromatic rings. The normalized spacial score (nSPS) is 18.3. The van der Waals surface area contributed by atoms with Crippen molar-refractivity contribution in [2.24, 2.45) is 11.7 Å². The van der Waals surface area contributed by atoms with Crippen molar-refractivity contribution in [3.05, 3.63) is 35.4 Å². The zero-order chi connectivity index (χ0) is 15.4. The number of carboxylic acids is 1. The van der Waals surface area contributed by atoms with E-state index < -0.39 is 11.9 Å². The number of aliphatic carboxylic acids is 1. The molecule has 1 fully saturated rings. The maximum Gasteiger partial charge on any atom is 0.308 e. The van der Waals surface area contributed by atoms with Gasteiger partial charge < -0.3 is 15.7 Å². The summed E-state index contributed by atoms with van der Waals surface area (Å²) in [7, 11) is 0. The fraction of sp³-hybridized carbons (Fsp3) is 0.400. The van der Waals surface area contributed by atoms with Gasteiger partial charge in [-0.25, -0.2) is 0 Å². The molecule has 1 aliphatic heterocycles. The van der Waals surface area contributed by atoms with Crippen molar-refractivity contribution in [1.82, 2.24) is 4.90 Å². The van der Waals surface area contributed by atoms with Gasteiger partial charge in [-0.15, -0.1) is 0 Å². The first-order valence-electron chi connectivity index (χ1n) is 6.87. The Hall–Kier alpha value is -1.95. The van der Waals surface area contributed by atoms with E-state index in [4.69, 9.17) is 23.1 Å². The van der Waals surface area contributed by atoms with Gasteiger partial charge in [-0.05, 0) is 24.5 Å². The van der Waals surface area contributed by atoms with E-state index in [0.29, 0.717) is 36.4 Å². The Morgan fingerprint density at radius 2 is 2.10 bits per heavy atom. The van der Waals surface area contributed by atoms with Gasteiger partial charge in [0.1, 0.15) is 0 Å². The number of piperidine rings is 1. The Balaban J connectivity index is 2.19. The fourth-order valence-electron chi connectivity index (χ4n) is 2.60. The van der Waals surface area contributed by atoms with Crippen LogP contribution in [0.4, 0.5) is 0 Å². The highest BCUT2D eigenvalue weighted by Crippen LogP contribution is 2.20. The molecule has 6 heteroatoms. The van der Waals surface area contributed by atoms with Gasteiger partial charge in [-0.3, -0.25) is 9.59 Å². The number of nitrogens with two attached hydrogens (primary N) is 1. The molecule has 1 unspecified atom stereocenters. The summed E-state index contributed by atoms with van der Waals surface area (Å²) in [5.74, 6) is -1.47. The third-order valence-corrected chi connectivity index (χ3v) is 3.81. The van der Waals surface area contributed by atoms with Gasteiger partial charge in [0.25, 0.3) is 5.91 Å². The van der Waals surface area contributed by atoms with Crippen LogP contribution >= 0.6 is 12.2 Å². The molecule has 0 radical (unpaired) electrons. The van der Waals surface area contributed by atoms with Crippen molar-refractivity contribution in [3.63, 3.8) is 0 Å². The Morgan fingerprint density at radius 1 is 1.38 bits per heavy atom. The van der Waals surface area contributed by atoms with Gasteiger partial charge in [-0.1, -0.05) is 30.4 Å². The van der Waals surface area contributed by atoms with Crippen LogP contribution in [0.2, 0.25) is 0 Å². The smallest absolute Gasteiger partial charge is 0.308 e. The molecular weight excluding hydrogens is 288 g/mol. The maximum absolute atomic E-state index is 12.6. The summed E-state index contributed by atoms with van der Waals surface area (Å²) in [5, 5.41) is 9.11. The lowest BCUT2D eigenvalue weighted by molar-refractivity contribution is -0.143. The van der Waals surface area contributed by atoms with E-state index in [9.17, 15) is 9.59 Å². The van der Waals surface area contributed by atoms with Crippen molar-refractivity contribution in [1.29, 1.82) is 0 Å². The third kappa shape index (κ3) is 3.78. The zero-order valence-corrected chi connectivity index (χ0v) is 12.4. The number of carbonyl (C=O) groups excluding carboxylic acids is 1. The van der Waals surface area contributed by atoms with Gasteiger partial charge in [0.2, 0.25) is 0 Å². The van der Waals surface area contributed by atoms with Crippen LogP contribution in [0.1, 0.15) is 28.8 Å². The quantitative estimate of drug-likeness (QED) is 0.823. The summed E-state index contributed by atoms with van der Waals surface area (Å²) in [6.07, 6.45) is 1.70. The van der Waals surface area contributed by atoms with Crippen molar-refractivity contribution in [2.75, 3.05) is 13.1 Å². The van der Waals surface area contributed by atoms with E-state index in [1.807, 2.05) is 12.1 Å². The molecule has 1 saturated heterocycles. The summed E-state index contributed by atoms with van der Waals surface area (Å²) >= 11 is 4.91.